The molecule has 2 atom stereocenters. The number of nitrogens with one attached hydrogen (secondary N) is 2. The summed E-state index contributed by atoms with van der Waals surface area (Å²) < 4.78 is 0. The van der Waals surface area contributed by atoms with Crippen molar-refractivity contribution in [3.05, 3.63) is 64.7 Å². The van der Waals surface area contributed by atoms with E-state index in [2.05, 4.69) is 15.5 Å². The number of rotatable bonds is 9. The van der Waals surface area contributed by atoms with E-state index in [-0.39, 0.29) is 36.7 Å². The van der Waals surface area contributed by atoms with Gasteiger partial charge in [0.15, 0.2) is 0 Å². The molecule has 4 aliphatic rings. The van der Waals surface area contributed by atoms with Crippen molar-refractivity contribution in [3.63, 3.8) is 0 Å². The minimum absolute atomic E-state index is 0.0644. The zero-order chi connectivity index (χ0) is 32.0. The quantitative estimate of drug-likeness (QED) is 0.378. The Bertz CT molecular complexity index is 1350. The lowest BCUT2D eigenvalue weighted by molar-refractivity contribution is -0.140. The number of urea groups is 1. The number of nitrogens with zero attached hydrogens (tertiary/aromatic N) is 4. The van der Waals surface area contributed by atoms with Gasteiger partial charge in [0.2, 0.25) is 11.8 Å². The highest BCUT2D eigenvalue weighted by Crippen LogP contribution is 2.28. The maximum Gasteiger partial charge on any atom is 0.322 e. The van der Waals surface area contributed by atoms with Crippen LogP contribution in [0.3, 0.4) is 0 Å². The normalized spacial score (nSPS) is 21.7. The van der Waals surface area contributed by atoms with Crippen LogP contribution < -0.4 is 10.6 Å². The highest BCUT2D eigenvalue weighted by Gasteiger charge is 2.36. The molecule has 4 amide bonds. The molecule has 2 aromatic carbocycles. The van der Waals surface area contributed by atoms with Gasteiger partial charge >= 0.3 is 6.03 Å². The topological polar surface area (TPSA) is 108 Å². The number of aliphatic hydroxyl groups excluding tert-OH is 1. The Morgan fingerprint density at radius 3 is 2.28 bits per heavy atom. The molecule has 46 heavy (non-hydrogen) atoms. The molecular formula is C35H47ClN6O4. The average molecular weight is 651 g/mol. The first-order valence-corrected chi connectivity index (χ1v) is 17.4. The van der Waals surface area contributed by atoms with Crippen LogP contribution in [0.2, 0.25) is 5.02 Å². The van der Waals surface area contributed by atoms with Gasteiger partial charge < -0.3 is 30.4 Å². The maximum absolute atomic E-state index is 13.9. The Kier molecular flexibility index (Phi) is 10.8. The monoisotopic (exact) mass is 650 g/mol. The number of amides is 4. The van der Waals surface area contributed by atoms with E-state index < -0.39 is 12.3 Å². The first kappa shape index (κ1) is 32.7. The summed E-state index contributed by atoms with van der Waals surface area (Å²) in [6.07, 6.45) is 6.44. The number of piperidine rings is 3. The van der Waals surface area contributed by atoms with E-state index in [1.165, 1.54) is 19.3 Å². The molecule has 11 heteroatoms. The van der Waals surface area contributed by atoms with Crippen LogP contribution >= 0.6 is 11.6 Å². The van der Waals surface area contributed by atoms with E-state index in [1.54, 1.807) is 12.1 Å². The minimum atomic E-state index is -0.896. The summed E-state index contributed by atoms with van der Waals surface area (Å²) in [5, 5.41) is 18.0. The maximum atomic E-state index is 13.9. The van der Waals surface area contributed by atoms with Gasteiger partial charge in [-0.3, -0.25) is 14.5 Å². The number of hydrogen-bond donors (Lipinski definition) is 3. The lowest BCUT2D eigenvalue weighted by atomic mass is 9.98. The summed E-state index contributed by atoms with van der Waals surface area (Å²) >= 11 is 6.02. The number of fused-ring (bicyclic) bond motifs is 1. The Balaban J connectivity index is 1.06. The zero-order valence-corrected chi connectivity index (χ0v) is 27.3. The molecule has 0 spiro atoms. The third kappa shape index (κ3) is 8.02. The summed E-state index contributed by atoms with van der Waals surface area (Å²) in [6.45, 7) is 5.36. The van der Waals surface area contributed by atoms with E-state index >= 15 is 0 Å². The number of likely N-dealkylation sites (tertiary alicyclic amines) is 3. The average Bonchev–Trinajstić information content (AvgIpc) is 3.09. The molecule has 4 heterocycles. The summed E-state index contributed by atoms with van der Waals surface area (Å²) in [5.41, 5.74) is 2.77. The van der Waals surface area contributed by atoms with Crippen molar-refractivity contribution in [1.29, 1.82) is 0 Å². The van der Waals surface area contributed by atoms with Gasteiger partial charge in [-0.15, -0.1) is 0 Å². The predicted octanol–water partition coefficient (Wildman–Crippen LogP) is 4.06. The van der Waals surface area contributed by atoms with E-state index in [1.807, 2.05) is 51.1 Å². The number of aliphatic hydroxyl groups is 1. The second-order valence-electron chi connectivity index (χ2n) is 13.3. The van der Waals surface area contributed by atoms with E-state index in [4.69, 9.17) is 11.6 Å². The molecule has 4 aliphatic heterocycles. The Morgan fingerprint density at radius 1 is 0.891 bits per heavy atom. The molecule has 10 nitrogen and oxygen atoms in total. The fraction of sp³-hybridized carbons (Fsp3) is 0.571. The van der Waals surface area contributed by atoms with Crippen molar-refractivity contribution in [3.8, 4) is 0 Å². The number of benzene rings is 2. The van der Waals surface area contributed by atoms with E-state index in [9.17, 15) is 19.5 Å². The molecule has 1 unspecified atom stereocenters. The van der Waals surface area contributed by atoms with Gasteiger partial charge in [-0.25, -0.2) is 4.79 Å². The number of carbonyl (C=O) groups is 3. The van der Waals surface area contributed by atoms with Crippen LogP contribution in [0.25, 0.3) is 0 Å². The third-order valence-corrected chi connectivity index (χ3v) is 10.5. The van der Waals surface area contributed by atoms with Crippen LogP contribution in [0.4, 0.5) is 10.5 Å². The zero-order valence-electron chi connectivity index (χ0n) is 26.6. The Morgan fingerprint density at radius 2 is 1.57 bits per heavy atom. The Labute approximate surface area is 277 Å². The highest BCUT2D eigenvalue weighted by atomic mass is 35.5. The van der Waals surface area contributed by atoms with Crippen LogP contribution in [0.5, 0.6) is 0 Å². The second kappa shape index (κ2) is 15.2. The predicted molar refractivity (Wildman–Crippen MR) is 178 cm³/mol. The SMILES string of the molecule is O=C(Cc1ccc(Cl)cc1)N[C@@H](CC(O)N1CCC(N2Cc3ccccc3NC2=O)CC1)C(=O)N1CCC(N2CCCCC2)CC1. The molecule has 0 aliphatic carbocycles. The third-order valence-electron chi connectivity index (χ3n) is 10.3. The summed E-state index contributed by atoms with van der Waals surface area (Å²) in [7, 11) is 0. The van der Waals surface area contributed by atoms with Gasteiger partial charge in [0.05, 0.1) is 6.42 Å². The Hall–Kier alpha value is -3.18. The van der Waals surface area contributed by atoms with Gasteiger partial charge in [0, 0.05) is 61.9 Å². The molecule has 3 N–H and O–H groups in total. The first-order valence-electron chi connectivity index (χ1n) is 17.0. The minimum Gasteiger partial charge on any atom is -0.378 e. The van der Waals surface area contributed by atoms with E-state index in [0.717, 1.165) is 55.6 Å². The number of anilines is 1. The van der Waals surface area contributed by atoms with Gasteiger partial charge in [-0.1, -0.05) is 48.4 Å². The largest absolute Gasteiger partial charge is 0.378 e. The molecule has 248 valence electrons. The fourth-order valence-corrected chi connectivity index (χ4v) is 7.71. The molecule has 3 saturated heterocycles. The second-order valence-corrected chi connectivity index (χ2v) is 13.7. The molecule has 0 radical (unpaired) electrons. The standard InChI is InChI=1S/C35H47ClN6O4/c36-27-10-8-25(9-11-27)22-32(43)37-31(34(45)41-20-12-28(13-21-41)39-16-4-1-5-17-39)23-33(44)40-18-14-29(15-19-40)42-24-26-6-2-3-7-30(26)38-35(42)46/h2-3,6-11,28-29,31,33,44H,1,4-5,12-24H2,(H,37,43)(H,38,46)/t31-,33?/m0/s1. The summed E-state index contributed by atoms with van der Waals surface area (Å²) in [6, 6.07) is 14.6. The van der Waals surface area contributed by atoms with Crippen LogP contribution in [0, 0.1) is 0 Å². The number of carbonyl (C=O) groups excluding carboxylic acids is 3. The lowest BCUT2D eigenvalue weighted by Crippen LogP contribution is -2.56. The smallest absolute Gasteiger partial charge is 0.322 e. The number of halogens is 1. The van der Waals surface area contributed by atoms with Crippen molar-refractivity contribution < 1.29 is 19.5 Å². The number of para-hydroxylation sites is 1. The number of hydrogen-bond acceptors (Lipinski definition) is 6. The van der Waals surface area contributed by atoms with Crippen molar-refractivity contribution in [2.45, 2.75) is 88.7 Å². The summed E-state index contributed by atoms with van der Waals surface area (Å²) in [5.74, 6) is -0.384. The summed E-state index contributed by atoms with van der Waals surface area (Å²) in [4.78, 5) is 48.3. The lowest BCUT2D eigenvalue weighted by Gasteiger charge is -2.43. The van der Waals surface area contributed by atoms with Crippen molar-refractivity contribution in [1.82, 2.24) is 24.9 Å². The van der Waals surface area contributed by atoms with Crippen molar-refractivity contribution in [2.24, 2.45) is 0 Å². The molecule has 6 rings (SSSR count). The van der Waals surface area contributed by atoms with Crippen molar-refractivity contribution in [2.75, 3.05) is 44.6 Å². The van der Waals surface area contributed by atoms with Crippen LogP contribution in [0.15, 0.2) is 48.5 Å². The van der Waals surface area contributed by atoms with E-state index in [0.29, 0.717) is 43.8 Å². The van der Waals surface area contributed by atoms with Gasteiger partial charge in [0.1, 0.15) is 12.3 Å². The highest BCUT2D eigenvalue weighted by molar-refractivity contribution is 6.30. The first-order chi connectivity index (χ1) is 22.3. The van der Waals surface area contributed by atoms with Gasteiger partial charge in [0.25, 0.3) is 0 Å². The van der Waals surface area contributed by atoms with Crippen LogP contribution in [-0.2, 0) is 22.6 Å². The van der Waals surface area contributed by atoms with Crippen molar-refractivity contribution >= 4 is 35.1 Å². The molecule has 0 aromatic heterocycles. The van der Waals surface area contributed by atoms with Crippen LogP contribution in [-0.4, -0.2) is 106 Å². The fourth-order valence-electron chi connectivity index (χ4n) is 7.58. The van der Waals surface area contributed by atoms with Gasteiger partial charge in [-0.05, 0) is 80.9 Å². The molecule has 0 bridgehead atoms. The van der Waals surface area contributed by atoms with Gasteiger partial charge in [-0.2, -0.15) is 0 Å². The molecule has 2 aromatic rings. The van der Waals surface area contributed by atoms with Crippen LogP contribution in [0.1, 0.15) is 62.5 Å². The molecule has 3 fully saturated rings. The molecular weight excluding hydrogens is 604 g/mol. The molecule has 0 saturated carbocycles.